The van der Waals surface area contributed by atoms with Crippen LogP contribution in [0.25, 0.3) is 0 Å². The number of benzene rings is 2. The molecule has 18 heavy (non-hydrogen) atoms. The summed E-state index contributed by atoms with van der Waals surface area (Å²) in [7, 11) is 0. The van der Waals surface area contributed by atoms with Gasteiger partial charge in [-0.1, -0.05) is 62.2 Å². The third-order valence-electron chi connectivity index (χ3n) is 2.72. The standard InChI is InChI=1S/C15H14Br2S/c16-10-13(12-4-2-1-3-5-12)11-18-15-8-6-14(17)7-9-15/h1-9,13H,10-11H2. The molecule has 94 valence electrons. The summed E-state index contributed by atoms with van der Waals surface area (Å²) in [6, 6.07) is 19.2. The normalized spacial score (nSPS) is 12.3. The minimum atomic E-state index is 0.555. The van der Waals surface area contributed by atoms with E-state index in [-0.39, 0.29) is 0 Å². The molecule has 0 aromatic heterocycles. The average Bonchev–Trinajstić information content (AvgIpc) is 2.43. The number of rotatable bonds is 5. The van der Waals surface area contributed by atoms with Crippen LogP contribution in [0.15, 0.2) is 64.0 Å². The van der Waals surface area contributed by atoms with Crippen LogP contribution in [0.2, 0.25) is 0 Å². The summed E-state index contributed by atoms with van der Waals surface area (Å²) in [6.07, 6.45) is 0. The number of alkyl halides is 1. The molecule has 0 N–H and O–H groups in total. The van der Waals surface area contributed by atoms with E-state index in [2.05, 4.69) is 86.5 Å². The molecule has 2 aromatic carbocycles. The zero-order valence-electron chi connectivity index (χ0n) is 9.85. The van der Waals surface area contributed by atoms with Gasteiger partial charge in [0, 0.05) is 26.4 Å². The molecule has 0 aliphatic rings. The topological polar surface area (TPSA) is 0 Å². The van der Waals surface area contributed by atoms with Crippen molar-refractivity contribution in [3.8, 4) is 0 Å². The molecule has 1 atom stereocenters. The van der Waals surface area contributed by atoms with Gasteiger partial charge in [0.2, 0.25) is 0 Å². The zero-order valence-corrected chi connectivity index (χ0v) is 13.8. The van der Waals surface area contributed by atoms with Crippen molar-refractivity contribution in [2.45, 2.75) is 10.8 Å². The lowest BCUT2D eigenvalue weighted by atomic mass is 10.0. The lowest BCUT2D eigenvalue weighted by molar-refractivity contribution is 0.902. The minimum Gasteiger partial charge on any atom is -0.126 e. The van der Waals surface area contributed by atoms with Crippen LogP contribution in [0.4, 0.5) is 0 Å². The lowest BCUT2D eigenvalue weighted by Gasteiger charge is -2.14. The summed E-state index contributed by atoms with van der Waals surface area (Å²) in [5, 5.41) is 1.00. The smallest absolute Gasteiger partial charge is 0.0176 e. The summed E-state index contributed by atoms with van der Waals surface area (Å²) in [5.41, 5.74) is 1.40. The predicted molar refractivity (Wildman–Crippen MR) is 87.8 cm³/mol. The maximum absolute atomic E-state index is 3.62. The fourth-order valence-corrected chi connectivity index (χ4v) is 3.89. The van der Waals surface area contributed by atoms with Gasteiger partial charge in [0.1, 0.15) is 0 Å². The van der Waals surface area contributed by atoms with Crippen LogP contribution in [0, 0.1) is 0 Å². The van der Waals surface area contributed by atoms with Crippen LogP contribution < -0.4 is 0 Å². The maximum Gasteiger partial charge on any atom is 0.0176 e. The molecule has 0 aliphatic carbocycles. The van der Waals surface area contributed by atoms with Gasteiger partial charge in [-0.25, -0.2) is 0 Å². The Morgan fingerprint density at radius 1 is 0.944 bits per heavy atom. The van der Waals surface area contributed by atoms with E-state index >= 15 is 0 Å². The highest BCUT2D eigenvalue weighted by atomic mass is 79.9. The molecule has 2 aromatic rings. The lowest BCUT2D eigenvalue weighted by Crippen LogP contribution is -2.03. The molecule has 0 nitrogen and oxygen atoms in total. The summed E-state index contributed by atoms with van der Waals surface area (Å²) < 4.78 is 1.13. The second-order valence-corrected chi connectivity index (χ2v) is 6.68. The Kier molecular flexibility index (Phi) is 5.80. The van der Waals surface area contributed by atoms with Crippen LogP contribution in [0.3, 0.4) is 0 Å². The van der Waals surface area contributed by atoms with Gasteiger partial charge in [-0.05, 0) is 29.8 Å². The van der Waals surface area contributed by atoms with Gasteiger partial charge in [0.05, 0.1) is 0 Å². The molecule has 0 saturated carbocycles. The highest BCUT2D eigenvalue weighted by molar-refractivity contribution is 9.10. The molecule has 0 radical (unpaired) electrons. The molecule has 0 saturated heterocycles. The number of halogens is 2. The molecule has 2 rings (SSSR count). The Hall–Kier alpha value is -0.250. The Morgan fingerprint density at radius 2 is 1.61 bits per heavy atom. The second-order valence-electron chi connectivity index (χ2n) is 4.03. The van der Waals surface area contributed by atoms with Crippen LogP contribution in [0.1, 0.15) is 11.5 Å². The Morgan fingerprint density at radius 3 is 2.22 bits per heavy atom. The molecule has 0 bridgehead atoms. The van der Waals surface area contributed by atoms with E-state index in [1.165, 1.54) is 10.5 Å². The van der Waals surface area contributed by atoms with Crippen LogP contribution >= 0.6 is 43.6 Å². The van der Waals surface area contributed by atoms with Gasteiger partial charge in [-0.3, -0.25) is 0 Å². The van der Waals surface area contributed by atoms with Crippen molar-refractivity contribution in [2.24, 2.45) is 0 Å². The van der Waals surface area contributed by atoms with Crippen molar-refractivity contribution in [1.82, 2.24) is 0 Å². The van der Waals surface area contributed by atoms with E-state index in [9.17, 15) is 0 Å². The first-order chi connectivity index (χ1) is 8.79. The van der Waals surface area contributed by atoms with Crippen molar-refractivity contribution in [3.63, 3.8) is 0 Å². The summed E-state index contributed by atoms with van der Waals surface area (Å²) in [5.74, 6) is 1.65. The third-order valence-corrected chi connectivity index (χ3v) is 5.21. The Labute approximate surface area is 129 Å². The van der Waals surface area contributed by atoms with Crippen molar-refractivity contribution in [1.29, 1.82) is 0 Å². The van der Waals surface area contributed by atoms with Crippen molar-refractivity contribution in [3.05, 3.63) is 64.6 Å². The molecule has 0 spiro atoms. The molecular formula is C15H14Br2S. The van der Waals surface area contributed by atoms with E-state index in [0.717, 1.165) is 15.6 Å². The minimum absolute atomic E-state index is 0.555. The first-order valence-electron chi connectivity index (χ1n) is 5.79. The van der Waals surface area contributed by atoms with E-state index < -0.39 is 0 Å². The highest BCUT2D eigenvalue weighted by Crippen LogP contribution is 2.28. The number of thioether (sulfide) groups is 1. The van der Waals surface area contributed by atoms with Gasteiger partial charge < -0.3 is 0 Å². The van der Waals surface area contributed by atoms with E-state index in [1.807, 2.05) is 11.8 Å². The monoisotopic (exact) mass is 384 g/mol. The van der Waals surface area contributed by atoms with Crippen LogP contribution in [-0.4, -0.2) is 11.1 Å². The first kappa shape index (κ1) is 14.2. The molecule has 0 amide bonds. The summed E-state index contributed by atoms with van der Waals surface area (Å²) in [4.78, 5) is 1.32. The molecule has 0 fully saturated rings. The predicted octanol–water partition coefficient (Wildman–Crippen LogP) is 5.72. The van der Waals surface area contributed by atoms with Crippen molar-refractivity contribution >= 4 is 43.6 Å². The molecule has 0 aliphatic heterocycles. The van der Waals surface area contributed by atoms with E-state index in [0.29, 0.717) is 5.92 Å². The quantitative estimate of drug-likeness (QED) is 0.468. The van der Waals surface area contributed by atoms with Crippen LogP contribution in [-0.2, 0) is 0 Å². The van der Waals surface area contributed by atoms with Gasteiger partial charge in [-0.15, -0.1) is 11.8 Å². The van der Waals surface area contributed by atoms with Gasteiger partial charge in [-0.2, -0.15) is 0 Å². The fraction of sp³-hybridized carbons (Fsp3) is 0.200. The SMILES string of the molecule is BrCC(CSc1ccc(Br)cc1)c1ccccc1. The first-order valence-corrected chi connectivity index (χ1v) is 8.69. The van der Waals surface area contributed by atoms with Crippen molar-refractivity contribution < 1.29 is 0 Å². The maximum atomic E-state index is 3.62. The van der Waals surface area contributed by atoms with Crippen LogP contribution in [0.5, 0.6) is 0 Å². The zero-order chi connectivity index (χ0) is 12.8. The highest BCUT2D eigenvalue weighted by Gasteiger charge is 2.10. The second kappa shape index (κ2) is 7.37. The number of hydrogen-bond donors (Lipinski definition) is 0. The Balaban J connectivity index is 1.97. The van der Waals surface area contributed by atoms with E-state index in [1.54, 1.807) is 0 Å². The van der Waals surface area contributed by atoms with E-state index in [4.69, 9.17) is 0 Å². The summed E-state index contributed by atoms with van der Waals surface area (Å²) in [6.45, 7) is 0. The largest absolute Gasteiger partial charge is 0.126 e. The number of hydrogen-bond acceptors (Lipinski definition) is 1. The fourth-order valence-electron chi connectivity index (χ4n) is 1.68. The molecule has 0 heterocycles. The third kappa shape index (κ3) is 4.15. The average molecular weight is 386 g/mol. The molecule has 1 unspecified atom stereocenters. The molecule has 3 heteroatoms. The van der Waals surface area contributed by atoms with Crippen molar-refractivity contribution in [2.75, 3.05) is 11.1 Å². The van der Waals surface area contributed by atoms with Gasteiger partial charge in [0.25, 0.3) is 0 Å². The summed E-state index contributed by atoms with van der Waals surface area (Å²) >= 11 is 8.98. The van der Waals surface area contributed by atoms with Gasteiger partial charge >= 0.3 is 0 Å². The Bertz CT molecular complexity index is 468. The van der Waals surface area contributed by atoms with Gasteiger partial charge in [0.15, 0.2) is 0 Å². The molecular weight excluding hydrogens is 372 g/mol.